The van der Waals surface area contributed by atoms with E-state index in [0.717, 1.165) is 18.7 Å². The summed E-state index contributed by atoms with van der Waals surface area (Å²) in [5, 5.41) is 10.7. The molecule has 2 saturated carbocycles. The van der Waals surface area contributed by atoms with E-state index in [1.54, 1.807) is 10.9 Å². The Morgan fingerprint density at radius 1 is 1.56 bits per heavy atom. The second kappa shape index (κ2) is 4.35. The number of amides is 1. The van der Waals surface area contributed by atoms with Crippen LogP contribution in [0.2, 0.25) is 0 Å². The minimum atomic E-state index is -0.00280. The number of carbonyl (C=O) groups excluding carboxylic acids is 1. The van der Waals surface area contributed by atoms with E-state index in [1.807, 2.05) is 7.05 Å². The fourth-order valence-electron chi connectivity index (χ4n) is 3.48. The zero-order chi connectivity index (χ0) is 12.7. The molecule has 2 aliphatic carbocycles. The minimum absolute atomic E-state index is 0.00280. The van der Waals surface area contributed by atoms with E-state index in [-0.39, 0.29) is 17.9 Å². The summed E-state index contributed by atoms with van der Waals surface area (Å²) in [6.07, 6.45) is 5.10. The molecule has 2 bridgehead atoms. The summed E-state index contributed by atoms with van der Waals surface area (Å²) in [7, 11) is 1.87. The fraction of sp³-hybridized carbons (Fsp3) is 0.750. The van der Waals surface area contributed by atoms with Crippen LogP contribution in [0, 0.1) is 17.8 Å². The van der Waals surface area contributed by atoms with Crippen molar-refractivity contribution in [2.45, 2.75) is 31.8 Å². The van der Waals surface area contributed by atoms with Gasteiger partial charge in [-0.05, 0) is 31.1 Å². The lowest BCUT2D eigenvalue weighted by atomic mass is 9.84. The SMILES string of the molecule is Cn1cnnc1CNC(=O)C1C2CCC(C2)C1N. The third-order valence-corrected chi connectivity index (χ3v) is 4.51. The molecule has 2 aliphatic rings. The first-order valence-electron chi connectivity index (χ1n) is 6.53. The Labute approximate surface area is 106 Å². The smallest absolute Gasteiger partial charge is 0.225 e. The van der Waals surface area contributed by atoms with Crippen LogP contribution in [-0.2, 0) is 18.4 Å². The van der Waals surface area contributed by atoms with Crippen molar-refractivity contribution in [3.8, 4) is 0 Å². The topological polar surface area (TPSA) is 85.8 Å². The van der Waals surface area contributed by atoms with Gasteiger partial charge >= 0.3 is 0 Å². The molecule has 18 heavy (non-hydrogen) atoms. The zero-order valence-electron chi connectivity index (χ0n) is 10.5. The number of nitrogens with zero attached hydrogens (tertiary/aromatic N) is 3. The summed E-state index contributed by atoms with van der Waals surface area (Å²) in [5.74, 6) is 1.89. The van der Waals surface area contributed by atoms with E-state index in [1.165, 1.54) is 6.42 Å². The lowest BCUT2D eigenvalue weighted by Crippen LogP contribution is -2.45. The Morgan fingerprint density at radius 3 is 2.94 bits per heavy atom. The zero-order valence-corrected chi connectivity index (χ0v) is 10.5. The van der Waals surface area contributed by atoms with Crippen LogP contribution < -0.4 is 11.1 Å². The Kier molecular flexibility index (Phi) is 2.81. The first-order valence-corrected chi connectivity index (χ1v) is 6.53. The molecule has 3 rings (SSSR count). The Morgan fingerprint density at radius 2 is 2.33 bits per heavy atom. The van der Waals surface area contributed by atoms with E-state index in [2.05, 4.69) is 15.5 Å². The highest BCUT2D eigenvalue weighted by Gasteiger charge is 2.48. The molecule has 4 atom stereocenters. The lowest BCUT2D eigenvalue weighted by Gasteiger charge is -2.26. The summed E-state index contributed by atoms with van der Waals surface area (Å²) >= 11 is 0. The highest BCUT2D eigenvalue weighted by Crippen LogP contribution is 2.47. The molecule has 4 unspecified atom stereocenters. The highest BCUT2D eigenvalue weighted by molar-refractivity contribution is 5.80. The van der Waals surface area contributed by atoms with Gasteiger partial charge < -0.3 is 15.6 Å². The van der Waals surface area contributed by atoms with E-state index in [9.17, 15) is 4.79 Å². The van der Waals surface area contributed by atoms with Gasteiger partial charge in [0.1, 0.15) is 6.33 Å². The Bertz CT molecular complexity index is 455. The molecule has 6 nitrogen and oxygen atoms in total. The van der Waals surface area contributed by atoms with Gasteiger partial charge in [0, 0.05) is 13.1 Å². The first kappa shape index (κ1) is 11.6. The Hall–Kier alpha value is -1.43. The molecule has 98 valence electrons. The van der Waals surface area contributed by atoms with Crippen LogP contribution >= 0.6 is 0 Å². The van der Waals surface area contributed by atoms with Gasteiger partial charge in [0.25, 0.3) is 0 Å². The summed E-state index contributed by atoms with van der Waals surface area (Å²) in [6, 6.07) is 0.0447. The van der Waals surface area contributed by atoms with Crippen LogP contribution in [-0.4, -0.2) is 26.7 Å². The van der Waals surface area contributed by atoms with Crippen LogP contribution in [0.15, 0.2) is 6.33 Å². The van der Waals surface area contributed by atoms with Gasteiger partial charge in [0.05, 0.1) is 12.5 Å². The molecule has 6 heteroatoms. The maximum atomic E-state index is 12.2. The average molecular weight is 249 g/mol. The standard InChI is InChI=1S/C12H19N5O/c1-17-6-15-16-9(17)5-14-12(18)10-7-2-3-8(4-7)11(10)13/h6-8,10-11H,2-5,13H2,1H3,(H,14,18). The Balaban J connectivity index is 1.61. The molecule has 1 aromatic rings. The summed E-state index contributed by atoms with van der Waals surface area (Å²) < 4.78 is 1.81. The van der Waals surface area contributed by atoms with Crippen LogP contribution in [0.25, 0.3) is 0 Å². The summed E-state index contributed by atoms with van der Waals surface area (Å²) in [5.41, 5.74) is 6.15. The largest absolute Gasteiger partial charge is 0.348 e. The van der Waals surface area contributed by atoms with Crippen LogP contribution in [0.4, 0.5) is 0 Å². The van der Waals surface area contributed by atoms with Gasteiger partial charge in [-0.2, -0.15) is 0 Å². The van der Waals surface area contributed by atoms with Gasteiger partial charge in [-0.15, -0.1) is 10.2 Å². The van der Waals surface area contributed by atoms with Crippen molar-refractivity contribution in [1.29, 1.82) is 0 Å². The van der Waals surface area contributed by atoms with Crippen LogP contribution in [0.3, 0.4) is 0 Å². The summed E-state index contributed by atoms with van der Waals surface area (Å²) in [6.45, 7) is 0.427. The number of carbonyl (C=O) groups is 1. The molecular weight excluding hydrogens is 230 g/mol. The van der Waals surface area contributed by atoms with Gasteiger partial charge in [-0.25, -0.2) is 0 Å². The predicted molar refractivity (Wildman–Crippen MR) is 65.1 cm³/mol. The molecule has 1 amide bonds. The number of hydrogen-bond acceptors (Lipinski definition) is 4. The van der Waals surface area contributed by atoms with Crippen molar-refractivity contribution >= 4 is 5.91 Å². The number of nitrogens with two attached hydrogens (primary N) is 1. The van der Waals surface area contributed by atoms with Crippen molar-refractivity contribution < 1.29 is 4.79 Å². The van der Waals surface area contributed by atoms with E-state index < -0.39 is 0 Å². The first-order chi connectivity index (χ1) is 8.66. The van der Waals surface area contributed by atoms with Gasteiger partial charge in [-0.1, -0.05) is 0 Å². The van der Waals surface area contributed by atoms with Crippen molar-refractivity contribution in [3.05, 3.63) is 12.2 Å². The van der Waals surface area contributed by atoms with Gasteiger partial charge in [0.15, 0.2) is 5.82 Å². The van der Waals surface area contributed by atoms with Crippen molar-refractivity contribution in [2.75, 3.05) is 0 Å². The van der Waals surface area contributed by atoms with Crippen LogP contribution in [0.5, 0.6) is 0 Å². The second-order valence-electron chi connectivity index (χ2n) is 5.51. The molecule has 0 saturated heterocycles. The number of hydrogen-bond donors (Lipinski definition) is 2. The molecule has 0 aromatic carbocycles. The lowest BCUT2D eigenvalue weighted by molar-refractivity contribution is -0.127. The third kappa shape index (κ3) is 1.80. The number of fused-ring (bicyclic) bond motifs is 2. The van der Waals surface area contributed by atoms with Gasteiger partial charge in [0.2, 0.25) is 5.91 Å². The van der Waals surface area contributed by atoms with Crippen LogP contribution in [0.1, 0.15) is 25.1 Å². The van der Waals surface area contributed by atoms with Crippen molar-refractivity contribution in [1.82, 2.24) is 20.1 Å². The quantitative estimate of drug-likeness (QED) is 0.777. The fourth-order valence-corrected chi connectivity index (χ4v) is 3.48. The van der Waals surface area contributed by atoms with Crippen molar-refractivity contribution in [3.63, 3.8) is 0 Å². The molecule has 0 radical (unpaired) electrons. The molecular formula is C12H19N5O. The number of aryl methyl sites for hydroxylation is 1. The molecule has 2 fully saturated rings. The molecule has 1 aromatic heterocycles. The van der Waals surface area contributed by atoms with Crippen molar-refractivity contribution in [2.24, 2.45) is 30.5 Å². The number of rotatable bonds is 3. The molecule has 0 aliphatic heterocycles. The number of aromatic nitrogens is 3. The third-order valence-electron chi connectivity index (χ3n) is 4.51. The minimum Gasteiger partial charge on any atom is -0.348 e. The average Bonchev–Trinajstić information content (AvgIpc) is 3.02. The summed E-state index contributed by atoms with van der Waals surface area (Å²) in [4.78, 5) is 12.2. The maximum absolute atomic E-state index is 12.2. The van der Waals surface area contributed by atoms with E-state index in [0.29, 0.717) is 18.4 Å². The molecule has 1 heterocycles. The normalized spacial score (nSPS) is 33.9. The predicted octanol–water partition coefficient (Wildman–Crippen LogP) is -0.195. The monoisotopic (exact) mass is 249 g/mol. The van der Waals surface area contributed by atoms with E-state index >= 15 is 0 Å². The molecule has 3 N–H and O–H groups in total. The number of nitrogens with one attached hydrogen (secondary N) is 1. The molecule has 0 spiro atoms. The highest BCUT2D eigenvalue weighted by atomic mass is 16.2. The van der Waals surface area contributed by atoms with E-state index in [4.69, 9.17) is 5.73 Å². The second-order valence-corrected chi connectivity index (χ2v) is 5.51. The van der Waals surface area contributed by atoms with Gasteiger partial charge in [-0.3, -0.25) is 4.79 Å². The maximum Gasteiger partial charge on any atom is 0.225 e.